The number of aryl methyl sites for hydroxylation is 2. The number of hydrogen-bond donors (Lipinski definition) is 1. The van der Waals surface area contributed by atoms with Crippen molar-refractivity contribution in [2.24, 2.45) is 0 Å². The summed E-state index contributed by atoms with van der Waals surface area (Å²) >= 11 is -1.85. The van der Waals surface area contributed by atoms with Crippen LogP contribution in [0.4, 0.5) is 0 Å². The number of hydrogen-bond acceptors (Lipinski definition) is 1. The summed E-state index contributed by atoms with van der Waals surface area (Å²) in [6, 6.07) is 5.24. The van der Waals surface area contributed by atoms with Gasteiger partial charge in [-0.2, -0.15) is 0 Å². The molecule has 0 heterocycles. The van der Waals surface area contributed by atoms with Crippen molar-refractivity contribution in [3.63, 3.8) is 0 Å². The van der Waals surface area contributed by atoms with Crippen LogP contribution in [0.5, 0.6) is 0 Å². The minimum Gasteiger partial charge on any atom is -1.00 e. The maximum atomic E-state index is 10.6. The minimum absolute atomic E-state index is 0. The molecule has 62 valence electrons. The molecule has 0 aliphatic carbocycles. The topological polar surface area (TPSA) is 37.3 Å². The zero-order chi connectivity index (χ0) is 8.43. The Labute approximate surface area is 98.4 Å². The van der Waals surface area contributed by atoms with E-state index in [-0.39, 0.29) is 31.0 Å². The first-order valence-electron chi connectivity index (χ1n) is 3.29. The van der Waals surface area contributed by atoms with E-state index in [0.29, 0.717) is 4.90 Å². The van der Waals surface area contributed by atoms with Crippen molar-refractivity contribution >= 4 is 11.1 Å². The van der Waals surface area contributed by atoms with E-state index in [1.54, 1.807) is 12.1 Å². The number of benzene rings is 1. The molecule has 1 aromatic carbocycles. The van der Waals surface area contributed by atoms with Crippen LogP contribution in [0, 0.1) is 13.8 Å². The molecular weight excluding hydrogens is 183 g/mol. The standard InChI is InChI=1S/C8H10O2S.Na.H/c1-6-3-4-8(11(9)10)5-7(6)2;;/h3-5H,1-2H3,(H,9,10);;/q;+1;-1. The third-order valence-corrected chi connectivity index (χ3v) is 2.34. The van der Waals surface area contributed by atoms with Gasteiger partial charge in [-0.25, -0.2) is 4.21 Å². The Morgan fingerprint density at radius 2 is 1.92 bits per heavy atom. The van der Waals surface area contributed by atoms with E-state index < -0.39 is 11.1 Å². The molecule has 0 amide bonds. The van der Waals surface area contributed by atoms with E-state index in [1.165, 1.54) is 0 Å². The molecule has 0 spiro atoms. The van der Waals surface area contributed by atoms with Crippen molar-refractivity contribution in [3.05, 3.63) is 29.3 Å². The van der Waals surface area contributed by atoms with E-state index in [1.807, 2.05) is 19.9 Å². The van der Waals surface area contributed by atoms with Crippen molar-refractivity contribution in [3.8, 4) is 0 Å². The summed E-state index contributed by atoms with van der Waals surface area (Å²) in [6.45, 7) is 3.89. The molecule has 0 saturated carbocycles. The van der Waals surface area contributed by atoms with Crippen LogP contribution in [0.3, 0.4) is 0 Å². The molecule has 0 aliphatic heterocycles. The van der Waals surface area contributed by atoms with Crippen LogP contribution in [-0.2, 0) is 11.1 Å². The van der Waals surface area contributed by atoms with Gasteiger partial charge in [0.25, 0.3) is 0 Å². The summed E-state index contributed by atoms with van der Waals surface area (Å²) in [4.78, 5) is 0.466. The van der Waals surface area contributed by atoms with Crippen molar-refractivity contribution in [2.75, 3.05) is 0 Å². The van der Waals surface area contributed by atoms with Crippen LogP contribution in [0.1, 0.15) is 12.6 Å². The molecule has 4 heteroatoms. The molecule has 1 rings (SSSR count). The van der Waals surface area contributed by atoms with Crippen molar-refractivity contribution in [1.82, 2.24) is 0 Å². The Bertz CT molecular complexity index is 304. The zero-order valence-corrected chi connectivity index (χ0v) is 10.3. The van der Waals surface area contributed by atoms with Gasteiger partial charge in [-0.1, -0.05) is 6.07 Å². The van der Waals surface area contributed by atoms with Crippen LogP contribution in [-0.4, -0.2) is 8.76 Å². The van der Waals surface area contributed by atoms with E-state index >= 15 is 0 Å². The Morgan fingerprint density at radius 3 is 2.33 bits per heavy atom. The Kier molecular flexibility index (Phi) is 5.29. The third kappa shape index (κ3) is 2.99. The fraction of sp³-hybridized carbons (Fsp3) is 0.250. The first-order chi connectivity index (χ1) is 5.11. The largest absolute Gasteiger partial charge is 1.00 e. The van der Waals surface area contributed by atoms with Gasteiger partial charge < -0.3 is 5.98 Å². The minimum atomic E-state index is -1.85. The number of rotatable bonds is 1. The summed E-state index contributed by atoms with van der Waals surface area (Å²) in [5.74, 6) is 0. The first kappa shape index (κ1) is 12.3. The summed E-state index contributed by atoms with van der Waals surface area (Å²) < 4.78 is 19.3. The van der Waals surface area contributed by atoms with E-state index in [9.17, 15) is 4.21 Å². The average molecular weight is 194 g/mol. The average Bonchev–Trinajstić information content (AvgIpc) is 1.94. The van der Waals surface area contributed by atoms with E-state index in [0.717, 1.165) is 11.1 Å². The van der Waals surface area contributed by atoms with Crippen LogP contribution in [0.25, 0.3) is 0 Å². The molecule has 12 heavy (non-hydrogen) atoms. The van der Waals surface area contributed by atoms with Crippen LogP contribution in [0.15, 0.2) is 23.1 Å². The fourth-order valence-electron chi connectivity index (χ4n) is 0.823. The second-order valence-corrected chi connectivity index (χ2v) is 3.46. The normalized spacial score (nSPS) is 11.9. The summed E-state index contributed by atoms with van der Waals surface area (Å²) in [7, 11) is 0. The summed E-state index contributed by atoms with van der Waals surface area (Å²) in [6.07, 6.45) is 0. The van der Waals surface area contributed by atoms with Gasteiger partial charge in [0.2, 0.25) is 0 Å². The summed E-state index contributed by atoms with van der Waals surface area (Å²) in [5, 5.41) is 0. The molecule has 0 aromatic heterocycles. The molecule has 0 saturated heterocycles. The molecule has 2 nitrogen and oxygen atoms in total. The van der Waals surface area contributed by atoms with Crippen LogP contribution in [0.2, 0.25) is 0 Å². The molecule has 1 N–H and O–H groups in total. The van der Waals surface area contributed by atoms with Crippen molar-refractivity contribution in [2.45, 2.75) is 18.7 Å². The molecular formula is C8H11NaO2S. The van der Waals surface area contributed by atoms with Gasteiger partial charge in [0.05, 0.1) is 4.90 Å². The molecule has 1 aromatic rings. The Hall–Kier alpha value is 0.330. The molecule has 0 aliphatic rings. The molecule has 0 fully saturated rings. The van der Waals surface area contributed by atoms with Gasteiger partial charge >= 0.3 is 29.6 Å². The predicted octanol–water partition coefficient (Wildman–Crippen LogP) is -0.999. The molecule has 1 unspecified atom stereocenters. The fourth-order valence-corrected chi connectivity index (χ4v) is 1.28. The SMILES string of the molecule is Cc1ccc(S(=O)O)cc1C.[H-].[Na+]. The second-order valence-electron chi connectivity index (χ2n) is 2.50. The second kappa shape index (κ2) is 5.14. The molecule has 0 bridgehead atoms. The molecule has 0 radical (unpaired) electrons. The third-order valence-electron chi connectivity index (χ3n) is 1.68. The van der Waals surface area contributed by atoms with Crippen LogP contribution < -0.4 is 29.6 Å². The van der Waals surface area contributed by atoms with Gasteiger partial charge in [0, 0.05) is 0 Å². The van der Waals surface area contributed by atoms with Crippen molar-refractivity contribution in [1.29, 1.82) is 0 Å². The van der Waals surface area contributed by atoms with Crippen LogP contribution >= 0.6 is 0 Å². The Morgan fingerprint density at radius 1 is 1.33 bits per heavy atom. The monoisotopic (exact) mass is 194 g/mol. The predicted molar refractivity (Wildman–Crippen MR) is 46.1 cm³/mol. The zero-order valence-electron chi connectivity index (χ0n) is 8.50. The van der Waals surface area contributed by atoms with Gasteiger partial charge in [-0.3, -0.25) is 0 Å². The molecule has 1 atom stereocenters. The first-order valence-corrected chi connectivity index (χ1v) is 4.40. The maximum Gasteiger partial charge on any atom is 1.00 e. The maximum absolute atomic E-state index is 10.6. The van der Waals surface area contributed by atoms with E-state index in [2.05, 4.69) is 0 Å². The summed E-state index contributed by atoms with van der Waals surface area (Å²) in [5.41, 5.74) is 2.18. The quantitative estimate of drug-likeness (QED) is 0.460. The van der Waals surface area contributed by atoms with Crippen molar-refractivity contribution < 1.29 is 39.7 Å². The smallest absolute Gasteiger partial charge is 1.00 e. The van der Waals surface area contributed by atoms with Gasteiger partial charge in [-0.15, -0.1) is 0 Å². The van der Waals surface area contributed by atoms with Gasteiger partial charge in [0.1, 0.15) is 0 Å². The van der Waals surface area contributed by atoms with Gasteiger partial charge in [-0.05, 0) is 37.1 Å². The Balaban J connectivity index is 0. The van der Waals surface area contributed by atoms with E-state index in [4.69, 9.17) is 4.55 Å². The van der Waals surface area contributed by atoms with Gasteiger partial charge in [0.15, 0.2) is 11.1 Å².